The third-order valence-corrected chi connectivity index (χ3v) is 2.07. The lowest BCUT2D eigenvalue weighted by molar-refractivity contribution is -0.118. The van der Waals surface area contributed by atoms with Gasteiger partial charge in [-0.2, -0.15) is 0 Å². The van der Waals surface area contributed by atoms with Crippen LogP contribution in [-0.2, 0) is 4.79 Å². The highest BCUT2D eigenvalue weighted by molar-refractivity contribution is 5.73. The summed E-state index contributed by atoms with van der Waals surface area (Å²) in [6.45, 7) is 5.37. The topological polar surface area (TPSA) is 46.3 Å². The third kappa shape index (κ3) is 6.16. The second-order valence-corrected chi connectivity index (χ2v) is 3.50. The normalized spacial score (nSPS) is 11.1. The summed E-state index contributed by atoms with van der Waals surface area (Å²) in [6, 6.07) is 0.582. The molecule has 0 fully saturated rings. The summed E-state index contributed by atoms with van der Waals surface area (Å²) in [7, 11) is 2.09. The molecule has 0 atom stereocenters. The van der Waals surface area contributed by atoms with Crippen molar-refractivity contribution in [3.05, 3.63) is 0 Å². The molecular formula is C9H20N2O. The minimum Gasteiger partial charge on any atom is -0.370 e. The number of carbonyl (C=O) groups excluding carboxylic acids is 1. The van der Waals surface area contributed by atoms with E-state index in [9.17, 15) is 4.79 Å². The van der Waals surface area contributed by atoms with Crippen LogP contribution in [0, 0.1) is 0 Å². The highest BCUT2D eigenvalue weighted by Crippen LogP contribution is 1.99. The van der Waals surface area contributed by atoms with Crippen LogP contribution >= 0.6 is 0 Å². The number of hydrogen-bond donors (Lipinski definition) is 1. The number of primary amides is 1. The SMILES string of the molecule is CC(C)N(C)CCCCC(N)=O. The second-order valence-electron chi connectivity index (χ2n) is 3.50. The Kier molecular flexibility index (Phi) is 5.72. The Hall–Kier alpha value is -0.570. The molecule has 0 aliphatic carbocycles. The van der Waals surface area contributed by atoms with Gasteiger partial charge in [0.1, 0.15) is 0 Å². The van der Waals surface area contributed by atoms with E-state index < -0.39 is 0 Å². The van der Waals surface area contributed by atoms with Gasteiger partial charge in [0.25, 0.3) is 0 Å². The maximum atomic E-state index is 10.4. The van der Waals surface area contributed by atoms with Gasteiger partial charge in [0, 0.05) is 12.5 Å². The zero-order chi connectivity index (χ0) is 9.56. The first-order valence-electron chi connectivity index (χ1n) is 4.52. The van der Waals surface area contributed by atoms with Gasteiger partial charge in [0.15, 0.2) is 0 Å². The second kappa shape index (κ2) is 6.00. The number of unbranched alkanes of at least 4 members (excludes halogenated alkanes) is 1. The van der Waals surface area contributed by atoms with Gasteiger partial charge in [-0.1, -0.05) is 0 Å². The Morgan fingerprint density at radius 1 is 1.42 bits per heavy atom. The molecule has 2 N–H and O–H groups in total. The molecule has 72 valence electrons. The molecular weight excluding hydrogens is 152 g/mol. The van der Waals surface area contributed by atoms with Crippen molar-refractivity contribution in [1.82, 2.24) is 4.90 Å². The minimum atomic E-state index is -0.192. The lowest BCUT2D eigenvalue weighted by atomic mass is 10.2. The predicted octanol–water partition coefficient (Wildman–Crippen LogP) is 0.982. The first-order chi connectivity index (χ1) is 5.54. The zero-order valence-corrected chi connectivity index (χ0v) is 8.34. The van der Waals surface area contributed by atoms with Crippen molar-refractivity contribution in [2.75, 3.05) is 13.6 Å². The average molecular weight is 172 g/mol. The van der Waals surface area contributed by atoms with Gasteiger partial charge in [0.2, 0.25) is 5.91 Å². The van der Waals surface area contributed by atoms with Crippen LogP contribution in [0.3, 0.4) is 0 Å². The van der Waals surface area contributed by atoms with E-state index >= 15 is 0 Å². The van der Waals surface area contributed by atoms with Gasteiger partial charge < -0.3 is 10.6 Å². The zero-order valence-electron chi connectivity index (χ0n) is 8.34. The van der Waals surface area contributed by atoms with E-state index in [2.05, 4.69) is 25.8 Å². The standard InChI is InChI=1S/C9H20N2O/c1-8(2)11(3)7-5-4-6-9(10)12/h8H,4-7H2,1-3H3,(H2,10,12). The van der Waals surface area contributed by atoms with Crippen LogP contribution in [0.15, 0.2) is 0 Å². The fraction of sp³-hybridized carbons (Fsp3) is 0.889. The van der Waals surface area contributed by atoms with Crippen LogP contribution in [0.25, 0.3) is 0 Å². The molecule has 1 amide bonds. The Balaban J connectivity index is 3.25. The minimum absolute atomic E-state index is 0.192. The van der Waals surface area contributed by atoms with E-state index in [4.69, 9.17) is 5.73 Å². The van der Waals surface area contributed by atoms with Crippen LogP contribution in [-0.4, -0.2) is 30.4 Å². The van der Waals surface area contributed by atoms with Gasteiger partial charge in [-0.15, -0.1) is 0 Å². The number of nitrogens with zero attached hydrogens (tertiary/aromatic N) is 1. The summed E-state index contributed by atoms with van der Waals surface area (Å²) in [5.74, 6) is -0.192. The van der Waals surface area contributed by atoms with Crippen molar-refractivity contribution in [3.8, 4) is 0 Å². The van der Waals surface area contributed by atoms with Gasteiger partial charge in [0.05, 0.1) is 0 Å². The molecule has 12 heavy (non-hydrogen) atoms. The van der Waals surface area contributed by atoms with Crippen molar-refractivity contribution >= 4 is 5.91 Å². The molecule has 0 aromatic heterocycles. The molecule has 3 nitrogen and oxygen atoms in total. The number of carbonyl (C=O) groups is 1. The largest absolute Gasteiger partial charge is 0.370 e. The van der Waals surface area contributed by atoms with Gasteiger partial charge in [-0.05, 0) is 40.3 Å². The summed E-state index contributed by atoms with van der Waals surface area (Å²) in [4.78, 5) is 12.7. The van der Waals surface area contributed by atoms with Gasteiger partial charge in [-0.25, -0.2) is 0 Å². The van der Waals surface area contributed by atoms with Crippen LogP contribution in [0.2, 0.25) is 0 Å². The van der Waals surface area contributed by atoms with E-state index in [-0.39, 0.29) is 5.91 Å². The number of hydrogen-bond acceptors (Lipinski definition) is 2. The lowest BCUT2D eigenvalue weighted by Crippen LogP contribution is -2.27. The van der Waals surface area contributed by atoms with E-state index in [1.807, 2.05) is 0 Å². The molecule has 0 aromatic rings. The van der Waals surface area contributed by atoms with Crippen molar-refractivity contribution in [1.29, 1.82) is 0 Å². The summed E-state index contributed by atoms with van der Waals surface area (Å²) < 4.78 is 0. The number of rotatable bonds is 6. The van der Waals surface area contributed by atoms with Crippen molar-refractivity contribution in [2.24, 2.45) is 5.73 Å². The lowest BCUT2D eigenvalue weighted by Gasteiger charge is -2.20. The molecule has 0 unspecified atom stereocenters. The molecule has 3 heteroatoms. The number of nitrogens with two attached hydrogens (primary N) is 1. The molecule has 0 aliphatic heterocycles. The van der Waals surface area contributed by atoms with Crippen molar-refractivity contribution < 1.29 is 4.79 Å². The Morgan fingerprint density at radius 2 is 2.00 bits per heavy atom. The molecule has 0 heterocycles. The molecule has 0 aliphatic rings. The van der Waals surface area contributed by atoms with Crippen molar-refractivity contribution in [3.63, 3.8) is 0 Å². The summed E-state index contributed by atoms with van der Waals surface area (Å²) >= 11 is 0. The Bertz CT molecular complexity index is 134. The van der Waals surface area contributed by atoms with E-state index in [0.717, 1.165) is 19.4 Å². The fourth-order valence-corrected chi connectivity index (χ4v) is 0.919. The summed E-state index contributed by atoms with van der Waals surface area (Å²) in [5.41, 5.74) is 5.02. The summed E-state index contributed by atoms with van der Waals surface area (Å²) in [6.07, 6.45) is 2.48. The first-order valence-corrected chi connectivity index (χ1v) is 4.52. The van der Waals surface area contributed by atoms with Crippen molar-refractivity contribution in [2.45, 2.75) is 39.2 Å². The molecule has 0 saturated heterocycles. The van der Waals surface area contributed by atoms with Crippen LogP contribution < -0.4 is 5.73 Å². The van der Waals surface area contributed by atoms with Crippen LogP contribution in [0.5, 0.6) is 0 Å². The molecule has 0 spiro atoms. The smallest absolute Gasteiger partial charge is 0.217 e. The monoisotopic (exact) mass is 172 g/mol. The highest BCUT2D eigenvalue weighted by atomic mass is 16.1. The summed E-state index contributed by atoms with van der Waals surface area (Å²) in [5, 5.41) is 0. The van der Waals surface area contributed by atoms with E-state index in [1.165, 1.54) is 0 Å². The highest BCUT2D eigenvalue weighted by Gasteiger charge is 2.02. The maximum absolute atomic E-state index is 10.4. The quantitative estimate of drug-likeness (QED) is 0.607. The van der Waals surface area contributed by atoms with Gasteiger partial charge >= 0.3 is 0 Å². The number of amides is 1. The Labute approximate surface area is 74.9 Å². The average Bonchev–Trinajstić information content (AvgIpc) is 1.97. The fourth-order valence-electron chi connectivity index (χ4n) is 0.919. The third-order valence-electron chi connectivity index (χ3n) is 2.07. The first kappa shape index (κ1) is 11.4. The van der Waals surface area contributed by atoms with E-state index in [0.29, 0.717) is 12.5 Å². The maximum Gasteiger partial charge on any atom is 0.217 e. The Morgan fingerprint density at radius 3 is 2.42 bits per heavy atom. The predicted molar refractivity (Wildman–Crippen MR) is 50.8 cm³/mol. The molecule has 0 aromatic carbocycles. The van der Waals surface area contributed by atoms with Crippen LogP contribution in [0.4, 0.5) is 0 Å². The molecule has 0 bridgehead atoms. The molecule has 0 saturated carbocycles. The van der Waals surface area contributed by atoms with Crippen LogP contribution in [0.1, 0.15) is 33.1 Å². The molecule has 0 rings (SSSR count). The molecule has 0 radical (unpaired) electrons. The van der Waals surface area contributed by atoms with Gasteiger partial charge in [-0.3, -0.25) is 4.79 Å². The van der Waals surface area contributed by atoms with E-state index in [1.54, 1.807) is 0 Å².